The summed E-state index contributed by atoms with van der Waals surface area (Å²) >= 11 is 1.60. The predicted octanol–water partition coefficient (Wildman–Crippen LogP) is 2.92. The first-order valence-electron chi connectivity index (χ1n) is 7.44. The summed E-state index contributed by atoms with van der Waals surface area (Å²) in [6.45, 7) is 4.24. The van der Waals surface area contributed by atoms with E-state index in [1.54, 1.807) is 11.8 Å². The lowest BCUT2D eigenvalue weighted by Gasteiger charge is -2.31. The summed E-state index contributed by atoms with van der Waals surface area (Å²) < 4.78 is 0. The molecular weight excluding hydrogens is 274 g/mol. The van der Waals surface area contributed by atoms with Crippen LogP contribution in [0.1, 0.15) is 52.4 Å². The summed E-state index contributed by atoms with van der Waals surface area (Å²) in [6, 6.07) is -0.750. The van der Waals surface area contributed by atoms with Crippen LogP contribution in [0.25, 0.3) is 0 Å². The van der Waals surface area contributed by atoms with Gasteiger partial charge in [0.1, 0.15) is 6.04 Å². The topological polar surface area (TPSA) is 66.4 Å². The highest BCUT2D eigenvalue weighted by atomic mass is 32.2. The Kier molecular flexibility index (Phi) is 6.86. The standard InChI is InChI=1S/C15H27NO3S/c1-11(2)10-15(7-4-5-8-15)14(19)16-12(13(17)18)6-9-20-3/h11-12H,4-10H2,1-3H3,(H,16,19)(H,17,18). The van der Waals surface area contributed by atoms with Gasteiger partial charge in [-0.2, -0.15) is 11.8 Å². The molecule has 1 rings (SSSR count). The van der Waals surface area contributed by atoms with Crippen molar-refractivity contribution in [2.24, 2.45) is 11.3 Å². The normalized spacial score (nSPS) is 19.0. The van der Waals surface area contributed by atoms with Crippen LogP contribution >= 0.6 is 11.8 Å². The van der Waals surface area contributed by atoms with E-state index in [1.807, 2.05) is 6.26 Å². The third kappa shape index (κ3) is 4.69. The maximum absolute atomic E-state index is 12.6. The summed E-state index contributed by atoms with van der Waals surface area (Å²) in [5.74, 6) is 0.227. The molecule has 0 saturated heterocycles. The number of rotatable bonds is 8. The first-order valence-corrected chi connectivity index (χ1v) is 8.83. The predicted molar refractivity (Wildman–Crippen MR) is 82.9 cm³/mol. The van der Waals surface area contributed by atoms with Crippen molar-refractivity contribution in [1.29, 1.82) is 0 Å². The fraction of sp³-hybridized carbons (Fsp3) is 0.867. The number of carbonyl (C=O) groups excluding carboxylic acids is 1. The quantitative estimate of drug-likeness (QED) is 0.723. The zero-order valence-corrected chi connectivity index (χ0v) is 13.6. The van der Waals surface area contributed by atoms with Crippen molar-refractivity contribution in [3.05, 3.63) is 0 Å². The van der Waals surface area contributed by atoms with E-state index in [9.17, 15) is 14.7 Å². The van der Waals surface area contributed by atoms with Crippen LogP contribution in [-0.4, -0.2) is 35.0 Å². The molecule has 0 bridgehead atoms. The van der Waals surface area contributed by atoms with Crippen molar-refractivity contribution in [3.8, 4) is 0 Å². The highest BCUT2D eigenvalue weighted by Crippen LogP contribution is 2.43. The molecule has 1 unspecified atom stereocenters. The number of thioether (sulfide) groups is 1. The van der Waals surface area contributed by atoms with Gasteiger partial charge < -0.3 is 10.4 Å². The van der Waals surface area contributed by atoms with Gasteiger partial charge in [0.25, 0.3) is 0 Å². The minimum Gasteiger partial charge on any atom is -0.480 e. The van der Waals surface area contributed by atoms with Crippen LogP contribution in [0, 0.1) is 11.3 Å². The second-order valence-corrected chi connectivity index (χ2v) is 7.22. The van der Waals surface area contributed by atoms with Crippen molar-refractivity contribution in [2.75, 3.05) is 12.0 Å². The van der Waals surface area contributed by atoms with Crippen LogP contribution in [0.15, 0.2) is 0 Å². The molecule has 1 aliphatic rings. The second-order valence-electron chi connectivity index (χ2n) is 6.23. The Morgan fingerprint density at radius 2 is 1.90 bits per heavy atom. The van der Waals surface area contributed by atoms with Gasteiger partial charge in [0.05, 0.1) is 0 Å². The van der Waals surface area contributed by atoms with Gasteiger partial charge in [-0.05, 0) is 43.6 Å². The second kappa shape index (κ2) is 7.91. The minimum atomic E-state index is -0.926. The lowest BCUT2D eigenvalue weighted by molar-refractivity contribution is -0.144. The first kappa shape index (κ1) is 17.3. The molecule has 20 heavy (non-hydrogen) atoms. The Labute approximate surface area is 126 Å². The van der Waals surface area contributed by atoms with Gasteiger partial charge in [0.2, 0.25) is 5.91 Å². The first-order chi connectivity index (χ1) is 9.41. The summed E-state index contributed by atoms with van der Waals surface area (Å²) in [7, 11) is 0. The van der Waals surface area contributed by atoms with Gasteiger partial charge in [-0.1, -0.05) is 26.7 Å². The average Bonchev–Trinajstić information content (AvgIpc) is 2.82. The van der Waals surface area contributed by atoms with Crippen molar-refractivity contribution >= 4 is 23.6 Å². The SMILES string of the molecule is CSCCC(NC(=O)C1(CC(C)C)CCCC1)C(=O)O. The van der Waals surface area contributed by atoms with Crippen LogP contribution in [0.4, 0.5) is 0 Å². The van der Waals surface area contributed by atoms with Crippen LogP contribution in [0.2, 0.25) is 0 Å². The molecule has 1 saturated carbocycles. The molecule has 0 aliphatic heterocycles. The van der Waals surface area contributed by atoms with Crippen LogP contribution in [-0.2, 0) is 9.59 Å². The molecule has 1 fully saturated rings. The number of hydrogen-bond acceptors (Lipinski definition) is 3. The van der Waals surface area contributed by atoms with Gasteiger partial charge in [0, 0.05) is 5.41 Å². The van der Waals surface area contributed by atoms with E-state index in [2.05, 4.69) is 19.2 Å². The number of carboxylic acids is 1. The maximum atomic E-state index is 12.6. The summed E-state index contributed by atoms with van der Waals surface area (Å²) in [6.07, 6.45) is 7.22. The van der Waals surface area contributed by atoms with Crippen LogP contribution in [0.3, 0.4) is 0 Å². The monoisotopic (exact) mass is 301 g/mol. The minimum absolute atomic E-state index is 0.0443. The molecule has 0 aromatic rings. The van der Waals surface area contributed by atoms with E-state index in [0.29, 0.717) is 12.3 Å². The molecule has 0 aromatic carbocycles. The highest BCUT2D eigenvalue weighted by Gasteiger charge is 2.42. The molecule has 2 N–H and O–H groups in total. The van der Waals surface area contributed by atoms with E-state index >= 15 is 0 Å². The molecule has 0 aromatic heterocycles. The Morgan fingerprint density at radius 3 is 2.35 bits per heavy atom. The molecule has 1 aliphatic carbocycles. The number of aliphatic carboxylic acids is 1. The van der Waals surface area contributed by atoms with E-state index in [4.69, 9.17) is 0 Å². The zero-order chi connectivity index (χ0) is 15.2. The molecule has 0 spiro atoms. The Balaban J connectivity index is 2.71. The van der Waals surface area contributed by atoms with Crippen molar-refractivity contribution < 1.29 is 14.7 Å². The molecular formula is C15H27NO3S. The number of amides is 1. The Hall–Kier alpha value is -0.710. The summed E-state index contributed by atoms with van der Waals surface area (Å²) in [5, 5.41) is 12.0. The van der Waals surface area contributed by atoms with E-state index in [0.717, 1.165) is 37.9 Å². The molecule has 4 nitrogen and oxygen atoms in total. The largest absolute Gasteiger partial charge is 0.480 e. The summed E-state index contributed by atoms with van der Waals surface area (Å²) in [5.41, 5.74) is -0.332. The fourth-order valence-corrected chi connectivity index (χ4v) is 3.63. The van der Waals surface area contributed by atoms with Gasteiger partial charge in [0.15, 0.2) is 0 Å². The number of nitrogens with one attached hydrogen (secondary N) is 1. The Bertz CT molecular complexity index is 338. The zero-order valence-electron chi connectivity index (χ0n) is 12.8. The summed E-state index contributed by atoms with van der Waals surface area (Å²) in [4.78, 5) is 23.9. The smallest absolute Gasteiger partial charge is 0.326 e. The van der Waals surface area contributed by atoms with Gasteiger partial charge in [-0.25, -0.2) is 4.79 Å². The highest BCUT2D eigenvalue weighted by molar-refractivity contribution is 7.98. The van der Waals surface area contributed by atoms with Crippen molar-refractivity contribution in [3.63, 3.8) is 0 Å². The van der Waals surface area contributed by atoms with Gasteiger partial charge in [-0.15, -0.1) is 0 Å². The third-order valence-corrected chi connectivity index (χ3v) is 4.70. The van der Waals surface area contributed by atoms with E-state index in [1.165, 1.54) is 0 Å². The number of carbonyl (C=O) groups is 2. The molecule has 0 heterocycles. The lowest BCUT2D eigenvalue weighted by atomic mass is 9.77. The molecule has 0 radical (unpaired) electrons. The molecule has 1 atom stereocenters. The van der Waals surface area contributed by atoms with Gasteiger partial charge in [-0.3, -0.25) is 4.79 Å². The Morgan fingerprint density at radius 1 is 1.30 bits per heavy atom. The number of carboxylic acid groups (broad SMARTS) is 1. The lowest BCUT2D eigenvalue weighted by Crippen LogP contribution is -2.48. The van der Waals surface area contributed by atoms with Crippen molar-refractivity contribution in [1.82, 2.24) is 5.32 Å². The van der Waals surface area contributed by atoms with E-state index in [-0.39, 0.29) is 11.3 Å². The maximum Gasteiger partial charge on any atom is 0.326 e. The third-order valence-electron chi connectivity index (χ3n) is 4.06. The van der Waals surface area contributed by atoms with E-state index < -0.39 is 12.0 Å². The van der Waals surface area contributed by atoms with Gasteiger partial charge >= 0.3 is 5.97 Å². The average molecular weight is 301 g/mol. The molecule has 116 valence electrons. The van der Waals surface area contributed by atoms with Crippen LogP contribution < -0.4 is 5.32 Å². The molecule has 1 amide bonds. The van der Waals surface area contributed by atoms with Crippen LogP contribution in [0.5, 0.6) is 0 Å². The number of hydrogen-bond donors (Lipinski definition) is 2. The molecule has 5 heteroatoms. The van der Waals surface area contributed by atoms with Crippen molar-refractivity contribution in [2.45, 2.75) is 58.4 Å². The fourth-order valence-electron chi connectivity index (χ4n) is 3.16.